The molecule has 9 heteroatoms. The van der Waals surface area contributed by atoms with E-state index in [1.807, 2.05) is 36.1 Å². The van der Waals surface area contributed by atoms with Crippen LogP contribution in [0.4, 0.5) is 15.8 Å². The predicted octanol–water partition coefficient (Wildman–Crippen LogP) is 2.44. The number of hydrogen-bond donors (Lipinski definition) is 2. The minimum Gasteiger partial charge on any atom is -0.494 e. The van der Waals surface area contributed by atoms with Gasteiger partial charge in [-0.15, -0.1) is 0 Å². The van der Waals surface area contributed by atoms with Crippen molar-refractivity contribution >= 4 is 23.3 Å². The third-order valence-corrected chi connectivity index (χ3v) is 4.79. The van der Waals surface area contributed by atoms with Crippen LogP contribution in [0, 0.1) is 5.82 Å². The molecule has 3 N–H and O–H groups in total. The van der Waals surface area contributed by atoms with Gasteiger partial charge < -0.3 is 25.4 Å². The molecule has 2 aliphatic rings. The molecule has 2 heterocycles. The fourth-order valence-electron chi connectivity index (χ4n) is 3.38. The van der Waals surface area contributed by atoms with Crippen LogP contribution in [-0.2, 0) is 4.74 Å². The van der Waals surface area contributed by atoms with Crippen LogP contribution in [0.25, 0.3) is 0 Å². The van der Waals surface area contributed by atoms with Crippen LogP contribution in [0.2, 0.25) is 0 Å². The molecule has 0 aliphatic carbocycles. The highest BCUT2D eigenvalue weighted by atomic mass is 19.1. The lowest BCUT2D eigenvalue weighted by molar-refractivity contribution is 0.0671. The zero-order valence-electron chi connectivity index (χ0n) is 16.8. The molecule has 2 aromatic carbocycles. The van der Waals surface area contributed by atoms with E-state index in [0.29, 0.717) is 38.9 Å². The Morgan fingerprint density at radius 2 is 1.83 bits per heavy atom. The molecule has 1 saturated heterocycles. The zero-order valence-corrected chi connectivity index (χ0v) is 16.8. The van der Waals surface area contributed by atoms with Crippen LogP contribution in [0.5, 0.6) is 5.75 Å². The third kappa shape index (κ3) is 4.46. The Morgan fingerprint density at radius 3 is 2.50 bits per heavy atom. The SMILES string of the molecule is CCOc1ccc(NC2N=C(N)N=C(N3CCOCC3)N2c2ccc(F)cc2)cc1. The minimum absolute atomic E-state index is 0.179. The van der Waals surface area contributed by atoms with E-state index in [1.165, 1.54) is 12.1 Å². The lowest BCUT2D eigenvalue weighted by atomic mass is 10.2. The summed E-state index contributed by atoms with van der Waals surface area (Å²) in [6.45, 7) is 5.11. The number of halogens is 1. The summed E-state index contributed by atoms with van der Waals surface area (Å²) in [6, 6.07) is 13.9. The first-order valence-corrected chi connectivity index (χ1v) is 9.93. The smallest absolute Gasteiger partial charge is 0.222 e. The van der Waals surface area contributed by atoms with Gasteiger partial charge in [-0.25, -0.2) is 9.38 Å². The maximum Gasteiger partial charge on any atom is 0.222 e. The van der Waals surface area contributed by atoms with Gasteiger partial charge >= 0.3 is 0 Å². The summed E-state index contributed by atoms with van der Waals surface area (Å²) in [5.41, 5.74) is 7.66. The molecule has 0 aromatic heterocycles. The summed E-state index contributed by atoms with van der Waals surface area (Å²) >= 11 is 0. The van der Waals surface area contributed by atoms with Gasteiger partial charge in [0.15, 0.2) is 0 Å². The van der Waals surface area contributed by atoms with Crippen LogP contribution in [0.1, 0.15) is 6.92 Å². The first-order valence-electron chi connectivity index (χ1n) is 9.93. The van der Waals surface area contributed by atoms with E-state index in [0.717, 1.165) is 17.1 Å². The van der Waals surface area contributed by atoms with Gasteiger partial charge in [-0.1, -0.05) is 0 Å². The lowest BCUT2D eigenvalue weighted by Gasteiger charge is -2.41. The number of rotatable bonds is 5. The Labute approximate surface area is 174 Å². The van der Waals surface area contributed by atoms with E-state index < -0.39 is 6.29 Å². The first-order chi connectivity index (χ1) is 14.6. The van der Waals surface area contributed by atoms with Crippen LogP contribution in [-0.4, -0.2) is 56.0 Å². The molecule has 1 unspecified atom stereocenters. The summed E-state index contributed by atoms with van der Waals surface area (Å²) in [4.78, 5) is 13.0. The van der Waals surface area contributed by atoms with Gasteiger partial charge in [0.2, 0.25) is 18.2 Å². The Kier molecular flexibility index (Phi) is 5.99. The molecule has 0 bridgehead atoms. The molecule has 30 heavy (non-hydrogen) atoms. The zero-order chi connectivity index (χ0) is 20.9. The average molecular weight is 412 g/mol. The van der Waals surface area contributed by atoms with Crippen molar-refractivity contribution in [1.29, 1.82) is 0 Å². The summed E-state index contributed by atoms with van der Waals surface area (Å²) in [6.07, 6.45) is -0.552. The summed E-state index contributed by atoms with van der Waals surface area (Å²) in [7, 11) is 0. The maximum absolute atomic E-state index is 13.6. The quantitative estimate of drug-likeness (QED) is 0.784. The molecule has 0 radical (unpaired) electrons. The van der Waals surface area contributed by atoms with Crippen molar-refractivity contribution < 1.29 is 13.9 Å². The average Bonchev–Trinajstić information content (AvgIpc) is 2.76. The van der Waals surface area contributed by atoms with Gasteiger partial charge in [0.05, 0.1) is 19.8 Å². The van der Waals surface area contributed by atoms with E-state index in [1.54, 1.807) is 12.1 Å². The number of morpholine rings is 1. The normalized spacial score (nSPS) is 19.2. The Bertz CT molecular complexity index is 910. The van der Waals surface area contributed by atoms with Crippen molar-refractivity contribution in [1.82, 2.24) is 4.90 Å². The fraction of sp³-hybridized carbons (Fsp3) is 0.333. The van der Waals surface area contributed by atoms with E-state index in [9.17, 15) is 4.39 Å². The lowest BCUT2D eigenvalue weighted by Crippen LogP contribution is -2.57. The maximum atomic E-state index is 13.6. The van der Waals surface area contributed by atoms with E-state index >= 15 is 0 Å². The van der Waals surface area contributed by atoms with E-state index in [2.05, 4.69) is 20.2 Å². The fourth-order valence-corrected chi connectivity index (χ4v) is 3.38. The van der Waals surface area contributed by atoms with Crippen LogP contribution < -0.4 is 20.7 Å². The number of nitrogens with two attached hydrogens (primary N) is 1. The molecule has 0 spiro atoms. The molecule has 8 nitrogen and oxygen atoms in total. The standard InChI is InChI=1S/C21H25FN6O2/c1-2-30-18-9-5-16(6-10-18)24-20-25-19(23)26-21(27-11-13-29-14-12-27)28(20)17-7-3-15(22)4-8-17/h3-10,20,24H,2,11-14H2,1H3,(H2,23,25). The van der Waals surface area contributed by atoms with Crippen LogP contribution in [0.15, 0.2) is 58.5 Å². The largest absolute Gasteiger partial charge is 0.494 e. The van der Waals surface area contributed by atoms with Crippen molar-refractivity contribution in [2.75, 3.05) is 43.1 Å². The number of nitrogens with one attached hydrogen (secondary N) is 1. The van der Waals surface area contributed by atoms with Gasteiger partial charge in [0.1, 0.15) is 11.6 Å². The Morgan fingerprint density at radius 1 is 1.13 bits per heavy atom. The molecular formula is C21H25FN6O2. The Hall–Kier alpha value is -3.33. The van der Waals surface area contributed by atoms with Gasteiger partial charge in [-0.05, 0) is 55.5 Å². The van der Waals surface area contributed by atoms with Gasteiger partial charge in [-0.3, -0.25) is 4.90 Å². The van der Waals surface area contributed by atoms with Crippen molar-refractivity contribution in [3.63, 3.8) is 0 Å². The highest BCUT2D eigenvalue weighted by Gasteiger charge is 2.32. The number of anilines is 2. The highest BCUT2D eigenvalue weighted by Crippen LogP contribution is 2.25. The van der Waals surface area contributed by atoms with Crippen LogP contribution in [0.3, 0.4) is 0 Å². The van der Waals surface area contributed by atoms with Crippen LogP contribution >= 0.6 is 0 Å². The second-order valence-electron chi connectivity index (χ2n) is 6.82. The number of nitrogens with zero attached hydrogens (tertiary/aromatic N) is 4. The molecule has 0 amide bonds. The van der Waals surface area contributed by atoms with Gasteiger partial charge in [0.25, 0.3) is 0 Å². The summed E-state index contributed by atoms with van der Waals surface area (Å²) in [5.74, 6) is 1.32. The first kappa shape index (κ1) is 20.0. The molecular weight excluding hydrogens is 387 g/mol. The van der Waals surface area contributed by atoms with Gasteiger partial charge in [-0.2, -0.15) is 4.99 Å². The predicted molar refractivity (Wildman–Crippen MR) is 115 cm³/mol. The van der Waals surface area contributed by atoms with Crippen molar-refractivity contribution in [3.05, 3.63) is 54.3 Å². The monoisotopic (exact) mass is 412 g/mol. The van der Waals surface area contributed by atoms with Gasteiger partial charge in [0, 0.05) is 24.5 Å². The number of guanidine groups is 2. The summed E-state index contributed by atoms with van der Waals surface area (Å²) in [5, 5.41) is 3.38. The molecule has 2 aromatic rings. The number of aliphatic imine (C=N–C) groups is 2. The minimum atomic E-state index is -0.552. The third-order valence-electron chi connectivity index (χ3n) is 4.79. The van der Waals surface area contributed by atoms with Crippen molar-refractivity contribution in [2.45, 2.75) is 13.2 Å². The molecule has 2 aliphatic heterocycles. The Balaban J connectivity index is 1.65. The number of hydrogen-bond acceptors (Lipinski definition) is 8. The number of ether oxygens (including phenoxy) is 2. The molecule has 1 atom stereocenters. The van der Waals surface area contributed by atoms with Crippen molar-refractivity contribution in [3.8, 4) is 5.75 Å². The molecule has 0 saturated carbocycles. The molecule has 4 rings (SSSR count). The second kappa shape index (κ2) is 9.00. The van der Waals surface area contributed by atoms with Crippen molar-refractivity contribution in [2.24, 2.45) is 15.7 Å². The molecule has 1 fully saturated rings. The van der Waals surface area contributed by atoms with E-state index in [-0.39, 0.29) is 11.8 Å². The second-order valence-corrected chi connectivity index (χ2v) is 6.82. The highest BCUT2D eigenvalue weighted by molar-refractivity contribution is 6.06. The summed E-state index contributed by atoms with van der Waals surface area (Å²) < 4.78 is 24.5. The topological polar surface area (TPSA) is 87.7 Å². The molecule has 158 valence electrons. The number of benzene rings is 2. The van der Waals surface area contributed by atoms with E-state index in [4.69, 9.17) is 15.2 Å².